The van der Waals surface area contributed by atoms with Crippen LogP contribution in [0, 0.1) is 0 Å². The highest BCUT2D eigenvalue weighted by atomic mass is 32.1. The van der Waals surface area contributed by atoms with Gasteiger partial charge in [-0.05, 0) is 24.2 Å². The molecule has 7 aromatic carbocycles. The van der Waals surface area contributed by atoms with Crippen LogP contribution in [0.1, 0.15) is 6.85 Å². The Labute approximate surface area is 299 Å². The van der Waals surface area contributed by atoms with Crippen molar-refractivity contribution in [3.63, 3.8) is 0 Å². The third-order valence-electron chi connectivity index (χ3n) is 9.11. The average Bonchev–Trinajstić information content (AvgIpc) is 3.80. The van der Waals surface area contributed by atoms with Crippen molar-refractivity contribution < 1.29 is 6.85 Å². The smallest absolute Gasteiger partial charge is 0.164 e. The summed E-state index contributed by atoms with van der Waals surface area (Å²) in [6.07, 6.45) is 0. The van der Waals surface area contributed by atoms with Crippen LogP contribution in [0.4, 0.5) is 0 Å². The summed E-state index contributed by atoms with van der Waals surface area (Å²) < 4.78 is 47.4. The van der Waals surface area contributed by atoms with Gasteiger partial charge in [0.15, 0.2) is 17.5 Å². The maximum atomic E-state index is 9.01. The van der Waals surface area contributed by atoms with E-state index in [-0.39, 0.29) is 30.2 Å². The third-order valence-corrected chi connectivity index (χ3v) is 10.3. The molecule has 0 saturated carbocycles. The standard InChI is InChI=1S/C45H28N4S/c1-3-14-29(15-4-1)43-46-44(30-16-5-2-6-17-30)48-45(47-43)31-26-27-34(36-21-13-22-37-35-20-9-12-25-41(35)50-42(36)37)40(28-31)49-38-23-10-7-18-32(38)33-19-8-11-24-39(33)49/h1-28H/i9D,13D,20D,22D,25D. The van der Waals surface area contributed by atoms with Gasteiger partial charge in [0.25, 0.3) is 0 Å². The molecule has 10 rings (SSSR count). The van der Waals surface area contributed by atoms with Crippen molar-refractivity contribution in [2.24, 2.45) is 0 Å². The second-order valence-electron chi connectivity index (χ2n) is 12.0. The van der Waals surface area contributed by atoms with Crippen molar-refractivity contribution in [1.82, 2.24) is 19.5 Å². The highest BCUT2D eigenvalue weighted by molar-refractivity contribution is 7.26. The summed E-state index contributed by atoms with van der Waals surface area (Å²) in [5.41, 5.74) is 6.79. The molecule has 3 heterocycles. The summed E-state index contributed by atoms with van der Waals surface area (Å²) in [7, 11) is 0. The minimum Gasteiger partial charge on any atom is -0.309 e. The lowest BCUT2D eigenvalue weighted by atomic mass is 9.98. The van der Waals surface area contributed by atoms with Gasteiger partial charge in [-0.25, -0.2) is 15.0 Å². The van der Waals surface area contributed by atoms with Crippen LogP contribution in [-0.4, -0.2) is 19.5 Å². The topological polar surface area (TPSA) is 43.6 Å². The Balaban J connectivity index is 1.31. The Morgan fingerprint density at radius 2 is 1.04 bits per heavy atom. The van der Waals surface area contributed by atoms with Crippen molar-refractivity contribution in [1.29, 1.82) is 0 Å². The summed E-state index contributed by atoms with van der Waals surface area (Å²) >= 11 is 1.33. The zero-order valence-corrected chi connectivity index (χ0v) is 27.3. The van der Waals surface area contributed by atoms with Crippen molar-refractivity contribution in [3.8, 4) is 51.0 Å². The molecule has 0 unspecified atom stereocenters. The first-order chi connectivity index (χ1) is 26.9. The van der Waals surface area contributed by atoms with E-state index in [0.717, 1.165) is 49.7 Å². The number of thiophene rings is 1. The first-order valence-electron chi connectivity index (χ1n) is 18.8. The van der Waals surface area contributed by atoms with E-state index >= 15 is 0 Å². The molecule has 0 amide bonds. The fourth-order valence-electron chi connectivity index (χ4n) is 6.82. The molecule has 0 radical (unpaired) electrons. The summed E-state index contributed by atoms with van der Waals surface area (Å²) in [5.74, 6) is 1.60. The van der Waals surface area contributed by atoms with E-state index < -0.39 is 0 Å². The van der Waals surface area contributed by atoms with Crippen LogP contribution < -0.4 is 0 Å². The molecule has 0 fully saturated rings. The van der Waals surface area contributed by atoms with E-state index in [4.69, 9.17) is 21.8 Å². The Kier molecular flexibility index (Phi) is 5.54. The molecule has 5 heteroatoms. The van der Waals surface area contributed by atoms with E-state index in [1.165, 1.54) is 17.4 Å². The maximum absolute atomic E-state index is 9.01. The van der Waals surface area contributed by atoms with Gasteiger partial charge in [0.2, 0.25) is 0 Å². The molecule has 0 saturated heterocycles. The van der Waals surface area contributed by atoms with Crippen molar-refractivity contribution >= 4 is 53.3 Å². The second-order valence-corrected chi connectivity index (χ2v) is 13.1. The van der Waals surface area contributed by atoms with Crippen LogP contribution >= 0.6 is 11.3 Å². The fraction of sp³-hybridized carbons (Fsp3) is 0. The minimum atomic E-state index is -0.0778. The molecule has 234 valence electrons. The first-order valence-corrected chi connectivity index (χ1v) is 17.1. The number of benzene rings is 7. The molecule has 4 nitrogen and oxygen atoms in total. The highest BCUT2D eigenvalue weighted by Gasteiger charge is 2.20. The number of para-hydroxylation sites is 2. The predicted molar refractivity (Wildman–Crippen MR) is 209 cm³/mol. The van der Waals surface area contributed by atoms with Crippen LogP contribution in [0.5, 0.6) is 0 Å². The molecule has 0 spiro atoms. The van der Waals surface area contributed by atoms with Crippen molar-refractivity contribution in [3.05, 3.63) is 170 Å². The zero-order valence-electron chi connectivity index (χ0n) is 31.5. The van der Waals surface area contributed by atoms with E-state index in [1.54, 1.807) is 6.07 Å². The lowest BCUT2D eigenvalue weighted by molar-refractivity contribution is 1.07. The first kappa shape index (κ1) is 23.8. The second kappa shape index (κ2) is 11.6. The van der Waals surface area contributed by atoms with Gasteiger partial charge in [-0.15, -0.1) is 11.3 Å². The summed E-state index contributed by atoms with van der Waals surface area (Å²) in [6, 6.07) is 45.4. The molecule has 0 aliphatic heterocycles. The third kappa shape index (κ3) is 4.63. The van der Waals surface area contributed by atoms with Crippen molar-refractivity contribution in [2.75, 3.05) is 0 Å². The van der Waals surface area contributed by atoms with Crippen LogP contribution in [-0.2, 0) is 0 Å². The van der Waals surface area contributed by atoms with Gasteiger partial charge in [0.1, 0.15) is 0 Å². The van der Waals surface area contributed by atoms with Crippen LogP contribution in [0.25, 0.3) is 93.0 Å². The molecule has 3 aromatic heterocycles. The van der Waals surface area contributed by atoms with Gasteiger partial charge in [-0.3, -0.25) is 0 Å². The lowest BCUT2D eigenvalue weighted by Crippen LogP contribution is -2.02. The number of rotatable bonds is 5. The Hall–Kier alpha value is -6.43. The van der Waals surface area contributed by atoms with Gasteiger partial charge in [-0.2, -0.15) is 0 Å². The monoisotopic (exact) mass is 661 g/mol. The van der Waals surface area contributed by atoms with E-state index in [0.29, 0.717) is 43.2 Å². The summed E-state index contributed by atoms with van der Waals surface area (Å²) in [5, 5.41) is 2.97. The minimum absolute atomic E-state index is 0.00163. The molecule has 0 atom stereocenters. The number of aromatic nitrogens is 4. The molecular weight excluding hydrogens is 629 g/mol. The quantitative estimate of drug-likeness (QED) is 0.184. The Bertz CT molecular complexity index is 3050. The van der Waals surface area contributed by atoms with Gasteiger partial charge >= 0.3 is 0 Å². The van der Waals surface area contributed by atoms with Gasteiger partial charge < -0.3 is 4.57 Å². The van der Waals surface area contributed by atoms with Gasteiger partial charge in [0, 0.05) is 58.8 Å². The largest absolute Gasteiger partial charge is 0.309 e. The molecule has 0 bridgehead atoms. The Morgan fingerprint density at radius 3 is 1.70 bits per heavy atom. The maximum Gasteiger partial charge on any atom is 0.164 e. The van der Waals surface area contributed by atoms with Gasteiger partial charge in [-0.1, -0.05) is 145 Å². The van der Waals surface area contributed by atoms with E-state index in [2.05, 4.69) is 34.9 Å². The zero-order chi connectivity index (χ0) is 37.4. The SMILES string of the molecule is [2H]c1cc([2H])c2sc3c(-c4ccc(-c5nc(-c6ccccc6)nc(-c6ccccc6)n5)cc4-n4c5ccccc5c5ccccc54)cc([2H])c([2H])c3c2c1[2H]. The predicted octanol–water partition coefficient (Wildman–Crippen LogP) is 12.0. The molecule has 0 aliphatic rings. The number of hydrogen-bond acceptors (Lipinski definition) is 4. The van der Waals surface area contributed by atoms with Crippen LogP contribution in [0.15, 0.2) is 170 Å². The summed E-state index contributed by atoms with van der Waals surface area (Å²) in [6.45, 7) is 0. The van der Waals surface area contributed by atoms with Crippen LogP contribution in [0.2, 0.25) is 0 Å². The molecule has 0 aliphatic carbocycles. The molecule has 10 aromatic rings. The van der Waals surface area contributed by atoms with E-state index in [1.807, 2.05) is 97.1 Å². The lowest BCUT2D eigenvalue weighted by Gasteiger charge is -2.17. The molecule has 0 N–H and O–H groups in total. The summed E-state index contributed by atoms with van der Waals surface area (Å²) in [4.78, 5) is 15.0. The van der Waals surface area contributed by atoms with E-state index in [9.17, 15) is 0 Å². The number of fused-ring (bicyclic) bond motifs is 6. The van der Waals surface area contributed by atoms with Gasteiger partial charge in [0.05, 0.1) is 23.6 Å². The molecule has 50 heavy (non-hydrogen) atoms. The van der Waals surface area contributed by atoms with Crippen LogP contribution in [0.3, 0.4) is 0 Å². The molecular formula is C45H28N4S. The Morgan fingerprint density at radius 1 is 0.460 bits per heavy atom. The number of nitrogens with zero attached hydrogens (tertiary/aromatic N) is 4. The normalized spacial score (nSPS) is 13.0. The highest BCUT2D eigenvalue weighted by Crippen LogP contribution is 2.44. The van der Waals surface area contributed by atoms with Crippen molar-refractivity contribution in [2.45, 2.75) is 0 Å². The number of hydrogen-bond donors (Lipinski definition) is 0. The fourth-order valence-corrected chi connectivity index (χ4v) is 7.93. The average molecular weight is 662 g/mol.